The molecule has 1 amide bonds. The van der Waals surface area contributed by atoms with Gasteiger partial charge in [-0.05, 0) is 42.7 Å². The number of aromatic amines is 1. The van der Waals surface area contributed by atoms with Gasteiger partial charge in [-0.25, -0.2) is 0 Å². The molecule has 0 bridgehead atoms. The molecule has 0 aliphatic carbocycles. The number of aryl methyl sites for hydroxylation is 2. The van der Waals surface area contributed by atoms with Crippen LogP contribution in [0.5, 0.6) is 11.5 Å². The number of piperazine rings is 1. The SMILES string of the molecule is CCc1cccc2c(C(CC(=O)N3CCN(c4ccc(C)cc4)CC3)c3cccc4c3OCO4)c[nH]c12. The molecule has 0 spiro atoms. The van der Waals surface area contributed by atoms with Gasteiger partial charge in [0, 0.05) is 66.9 Å². The molecule has 1 aromatic heterocycles. The first-order valence-corrected chi connectivity index (χ1v) is 13.2. The minimum Gasteiger partial charge on any atom is -0.454 e. The van der Waals surface area contributed by atoms with Crippen molar-refractivity contribution in [1.82, 2.24) is 9.88 Å². The average molecular weight is 496 g/mol. The Kier molecular flexibility index (Phi) is 6.25. The number of ether oxygens (including phenoxy) is 2. The van der Waals surface area contributed by atoms with Gasteiger partial charge in [0.25, 0.3) is 0 Å². The fourth-order valence-electron chi connectivity index (χ4n) is 5.71. The molecule has 1 N–H and O–H groups in total. The maximum Gasteiger partial charge on any atom is 0.231 e. The first-order valence-electron chi connectivity index (χ1n) is 13.2. The Morgan fingerprint density at radius 3 is 2.51 bits per heavy atom. The number of aromatic nitrogens is 1. The Hall–Kier alpha value is -3.93. The molecule has 1 atom stereocenters. The van der Waals surface area contributed by atoms with Crippen LogP contribution in [0.1, 0.15) is 41.5 Å². The Morgan fingerprint density at radius 1 is 0.946 bits per heavy atom. The summed E-state index contributed by atoms with van der Waals surface area (Å²) in [5.74, 6) is 1.53. The summed E-state index contributed by atoms with van der Waals surface area (Å²) in [6.07, 6.45) is 3.41. The summed E-state index contributed by atoms with van der Waals surface area (Å²) in [4.78, 5) is 21.6. The van der Waals surface area contributed by atoms with Gasteiger partial charge in [0.05, 0.1) is 0 Å². The minimum atomic E-state index is -0.139. The quantitative estimate of drug-likeness (QED) is 0.376. The van der Waals surface area contributed by atoms with E-state index >= 15 is 0 Å². The summed E-state index contributed by atoms with van der Waals surface area (Å²) in [7, 11) is 0. The number of anilines is 1. The average Bonchev–Trinajstić information content (AvgIpc) is 3.59. The van der Waals surface area contributed by atoms with Crippen molar-refractivity contribution in [3.8, 4) is 11.5 Å². The molecule has 0 saturated carbocycles. The third-order valence-electron chi connectivity index (χ3n) is 7.80. The number of amides is 1. The highest BCUT2D eigenvalue weighted by molar-refractivity contribution is 5.88. The van der Waals surface area contributed by atoms with Crippen molar-refractivity contribution in [3.05, 3.63) is 89.1 Å². The van der Waals surface area contributed by atoms with E-state index in [0.29, 0.717) is 6.42 Å². The zero-order valence-corrected chi connectivity index (χ0v) is 21.5. The number of benzene rings is 3. The van der Waals surface area contributed by atoms with Crippen LogP contribution in [0.15, 0.2) is 66.9 Å². The van der Waals surface area contributed by atoms with E-state index in [-0.39, 0.29) is 18.6 Å². The second-order valence-corrected chi connectivity index (χ2v) is 9.98. The second-order valence-electron chi connectivity index (χ2n) is 9.98. The van der Waals surface area contributed by atoms with Crippen LogP contribution >= 0.6 is 0 Å². The summed E-state index contributed by atoms with van der Waals surface area (Å²) in [6.45, 7) is 7.60. The van der Waals surface area contributed by atoms with Crippen molar-refractivity contribution in [2.24, 2.45) is 0 Å². The second kappa shape index (κ2) is 9.85. The first-order chi connectivity index (χ1) is 18.1. The zero-order valence-electron chi connectivity index (χ0n) is 21.5. The van der Waals surface area contributed by atoms with Gasteiger partial charge in [-0.15, -0.1) is 0 Å². The van der Waals surface area contributed by atoms with Gasteiger partial charge < -0.3 is 24.3 Å². The van der Waals surface area contributed by atoms with E-state index in [2.05, 4.69) is 78.5 Å². The van der Waals surface area contributed by atoms with Crippen LogP contribution in [-0.2, 0) is 11.2 Å². The third kappa shape index (κ3) is 4.41. The molecular formula is C31H33N3O3. The molecule has 37 heavy (non-hydrogen) atoms. The predicted molar refractivity (Wildman–Crippen MR) is 147 cm³/mol. The number of rotatable bonds is 6. The van der Waals surface area contributed by atoms with Gasteiger partial charge in [-0.3, -0.25) is 4.79 Å². The highest BCUT2D eigenvalue weighted by atomic mass is 16.7. The number of carbonyl (C=O) groups is 1. The molecule has 6 heteroatoms. The van der Waals surface area contributed by atoms with Gasteiger partial charge in [-0.1, -0.05) is 55.0 Å². The topological polar surface area (TPSA) is 57.8 Å². The number of fused-ring (bicyclic) bond motifs is 2. The molecule has 6 nitrogen and oxygen atoms in total. The summed E-state index contributed by atoms with van der Waals surface area (Å²) in [6, 6.07) is 21.0. The molecule has 2 aliphatic rings. The van der Waals surface area contributed by atoms with Crippen LogP contribution in [0, 0.1) is 6.92 Å². The largest absolute Gasteiger partial charge is 0.454 e. The number of hydrogen-bond acceptors (Lipinski definition) is 4. The molecule has 2 aliphatic heterocycles. The number of nitrogens with zero attached hydrogens (tertiary/aromatic N) is 2. The lowest BCUT2D eigenvalue weighted by molar-refractivity contribution is -0.131. The lowest BCUT2D eigenvalue weighted by Gasteiger charge is -2.36. The van der Waals surface area contributed by atoms with Crippen LogP contribution in [0.4, 0.5) is 5.69 Å². The standard InChI is InChI=1S/C31H33N3O3/c1-3-22-6-4-7-24-27(19-32-30(22)24)26(25-8-5-9-28-31(25)37-20-36-28)18-29(35)34-16-14-33(15-17-34)23-12-10-21(2)11-13-23/h4-13,19,26,32H,3,14-18,20H2,1-2H3. The molecule has 1 unspecified atom stereocenters. The maximum atomic E-state index is 13.7. The Labute approximate surface area is 217 Å². The Balaban J connectivity index is 1.28. The van der Waals surface area contributed by atoms with Gasteiger partial charge in [0.1, 0.15) is 0 Å². The van der Waals surface area contributed by atoms with Crippen molar-refractivity contribution in [1.29, 1.82) is 0 Å². The molecule has 3 heterocycles. The Morgan fingerprint density at radius 2 is 1.73 bits per heavy atom. The molecule has 6 rings (SSSR count). The molecule has 1 saturated heterocycles. The van der Waals surface area contributed by atoms with Gasteiger partial charge in [0.2, 0.25) is 12.7 Å². The highest BCUT2D eigenvalue weighted by Crippen LogP contribution is 2.44. The minimum absolute atomic E-state index is 0.139. The predicted octanol–water partition coefficient (Wildman–Crippen LogP) is 5.64. The maximum absolute atomic E-state index is 13.7. The van der Waals surface area contributed by atoms with E-state index in [1.807, 2.05) is 17.0 Å². The normalized spacial score (nSPS) is 15.8. The molecule has 1 fully saturated rings. The smallest absolute Gasteiger partial charge is 0.231 e. The lowest BCUT2D eigenvalue weighted by atomic mass is 9.86. The number of para-hydroxylation sites is 2. The van der Waals surface area contributed by atoms with E-state index in [1.165, 1.54) is 16.8 Å². The summed E-state index contributed by atoms with van der Waals surface area (Å²) in [5.41, 5.74) is 7.03. The van der Waals surface area contributed by atoms with Crippen LogP contribution in [0.25, 0.3) is 10.9 Å². The zero-order chi connectivity index (χ0) is 25.4. The van der Waals surface area contributed by atoms with E-state index in [9.17, 15) is 4.79 Å². The number of carbonyl (C=O) groups excluding carboxylic acids is 1. The summed E-state index contributed by atoms with van der Waals surface area (Å²) < 4.78 is 11.6. The fraction of sp³-hybridized carbons (Fsp3) is 0.323. The molecular weight excluding hydrogens is 462 g/mol. The Bertz CT molecular complexity index is 1420. The van der Waals surface area contributed by atoms with Crippen LogP contribution < -0.4 is 14.4 Å². The van der Waals surface area contributed by atoms with E-state index in [0.717, 1.165) is 66.1 Å². The van der Waals surface area contributed by atoms with Crippen molar-refractivity contribution < 1.29 is 14.3 Å². The highest BCUT2D eigenvalue weighted by Gasteiger charge is 2.31. The molecule has 0 radical (unpaired) electrons. The molecule has 190 valence electrons. The van der Waals surface area contributed by atoms with Crippen molar-refractivity contribution in [2.45, 2.75) is 32.6 Å². The third-order valence-corrected chi connectivity index (χ3v) is 7.80. The van der Waals surface area contributed by atoms with Gasteiger partial charge in [-0.2, -0.15) is 0 Å². The van der Waals surface area contributed by atoms with Crippen LogP contribution in [-0.4, -0.2) is 48.8 Å². The van der Waals surface area contributed by atoms with Crippen molar-refractivity contribution >= 4 is 22.5 Å². The van der Waals surface area contributed by atoms with E-state index in [4.69, 9.17) is 9.47 Å². The number of nitrogens with one attached hydrogen (secondary N) is 1. The number of H-pyrrole nitrogens is 1. The van der Waals surface area contributed by atoms with Gasteiger partial charge >= 0.3 is 0 Å². The summed E-state index contributed by atoms with van der Waals surface area (Å²) >= 11 is 0. The summed E-state index contributed by atoms with van der Waals surface area (Å²) in [5, 5.41) is 1.16. The fourth-order valence-corrected chi connectivity index (χ4v) is 5.71. The molecule has 4 aromatic rings. The lowest BCUT2D eigenvalue weighted by Crippen LogP contribution is -2.49. The first kappa shape index (κ1) is 23.5. The molecule has 3 aromatic carbocycles. The monoisotopic (exact) mass is 495 g/mol. The van der Waals surface area contributed by atoms with Gasteiger partial charge in [0.15, 0.2) is 11.5 Å². The van der Waals surface area contributed by atoms with Crippen LogP contribution in [0.3, 0.4) is 0 Å². The van der Waals surface area contributed by atoms with E-state index in [1.54, 1.807) is 0 Å². The van der Waals surface area contributed by atoms with E-state index < -0.39 is 0 Å². The van der Waals surface area contributed by atoms with Crippen molar-refractivity contribution in [2.75, 3.05) is 37.9 Å². The number of hydrogen-bond donors (Lipinski definition) is 1. The van der Waals surface area contributed by atoms with Crippen molar-refractivity contribution in [3.63, 3.8) is 0 Å². The van der Waals surface area contributed by atoms with Crippen LogP contribution in [0.2, 0.25) is 0 Å².